The number of fused-ring (bicyclic) bond motifs is 2. The monoisotopic (exact) mass is 847 g/mol. The van der Waals surface area contributed by atoms with Gasteiger partial charge in [0.2, 0.25) is 0 Å². The normalized spacial score (nSPS) is 27.9. The summed E-state index contributed by atoms with van der Waals surface area (Å²) in [6.45, 7) is 18.8. The van der Waals surface area contributed by atoms with Crippen LogP contribution in [0.4, 0.5) is 0 Å². The van der Waals surface area contributed by atoms with E-state index in [1.165, 1.54) is 99.7 Å². The summed E-state index contributed by atoms with van der Waals surface area (Å²) >= 11 is -4.84. The van der Waals surface area contributed by atoms with E-state index in [4.69, 9.17) is 17.0 Å². The van der Waals surface area contributed by atoms with Gasteiger partial charge in [-0.25, -0.2) is 0 Å². The number of halogens is 2. The van der Waals surface area contributed by atoms with Crippen molar-refractivity contribution in [2.24, 2.45) is 23.7 Å². The summed E-state index contributed by atoms with van der Waals surface area (Å²) < 4.78 is 0.184. The van der Waals surface area contributed by atoms with Crippen LogP contribution in [0.5, 0.6) is 0 Å². The second-order valence-corrected chi connectivity index (χ2v) is 62.7. The Balaban J connectivity index is 1.12. The third-order valence-corrected chi connectivity index (χ3v) is 67.1. The molecule has 4 aromatic carbocycles. The standard InChI is InChI=1S/C26H27.C22H25.C2H7Si.2ClH.Zr/c1-17-9-22-3-2-4-24(25(22)10-17)21-5-7-23(8-6-21)26-14-18-11-19(15-26)13-20(12-18)16-26;1-15(2)18-13-17-7-6-8-20(21(17)14-18)16-9-11-19(12-10-16)22(3,4)5;1-3-2;;;/h2-10,18-20H,11-16H2,1H3;6-15H,1-5H3;3H,1-2H3;2*1H;/q;;;;;+2/p-2. The van der Waals surface area contributed by atoms with Crippen LogP contribution >= 0.6 is 17.0 Å². The van der Waals surface area contributed by atoms with Crippen LogP contribution in [0, 0.1) is 23.7 Å². The molecule has 0 radical (unpaired) electrons. The van der Waals surface area contributed by atoms with Crippen molar-refractivity contribution in [3.63, 3.8) is 0 Å². The quantitative estimate of drug-likeness (QED) is 0.163. The van der Waals surface area contributed by atoms with Crippen LogP contribution in [0.3, 0.4) is 0 Å². The van der Waals surface area contributed by atoms with Gasteiger partial charge in [0.05, 0.1) is 0 Å². The second-order valence-electron chi connectivity index (χ2n) is 20.2. The molecule has 4 bridgehead atoms. The Hall–Kier alpha value is -1.96. The van der Waals surface area contributed by atoms with E-state index < -0.39 is 21.5 Å². The van der Waals surface area contributed by atoms with Gasteiger partial charge in [-0.05, 0) is 0 Å². The Bertz CT molecular complexity index is 2160. The second kappa shape index (κ2) is 13.0. The van der Waals surface area contributed by atoms with Crippen molar-refractivity contribution in [2.45, 2.75) is 111 Å². The molecule has 4 heteroatoms. The molecule has 6 aliphatic rings. The van der Waals surface area contributed by atoms with Gasteiger partial charge in [-0.2, -0.15) is 0 Å². The van der Waals surface area contributed by atoms with Crippen LogP contribution in [-0.2, 0) is 26.4 Å². The molecular formula is C50H59Cl2SiZr. The summed E-state index contributed by atoms with van der Waals surface area (Å²) in [6.07, 6.45) is 13.7. The molecule has 0 aliphatic heterocycles. The Morgan fingerprint density at radius 2 is 1.15 bits per heavy atom. The topological polar surface area (TPSA) is 0 Å². The van der Waals surface area contributed by atoms with Crippen molar-refractivity contribution in [3.05, 3.63) is 129 Å². The Morgan fingerprint density at radius 1 is 0.667 bits per heavy atom. The fourth-order valence-corrected chi connectivity index (χ4v) is 45.0. The molecule has 281 valence electrons. The maximum absolute atomic E-state index is 8.72. The minimum atomic E-state index is -4.84. The van der Waals surface area contributed by atoms with Gasteiger partial charge in [-0.15, -0.1) is 0 Å². The zero-order valence-electron chi connectivity index (χ0n) is 33.8. The number of rotatable bonds is 7. The molecule has 4 saturated carbocycles. The van der Waals surface area contributed by atoms with E-state index in [0.717, 1.165) is 17.8 Å². The van der Waals surface area contributed by atoms with Crippen molar-refractivity contribution >= 4 is 35.1 Å². The first-order chi connectivity index (χ1) is 25.6. The average molecular weight is 850 g/mol. The molecule has 0 amide bonds. The Kier molecular flexibility index (Phi) is 9.07. The third kappa shape index (κ3) is 5.72. The van der Waals surface area contributed by atoms with Crippen LogP contribution < -0.4 is 0 Å². The predicted molar refractivity (Wildman–Crippen MR) is 235 cm³/mol. The molecule has 0 heterocycles. The van der Waals surface area contributed by atoms with Gasteiger partial charge in [-0.3, -0.25) is 0 Å². The molecule has 6 aliphatic carbocycles. The molecular weight excluding hydrogens is 791 g/mol. The van der Waals surface area contributed by atoms with Crippen LogP contribution in [0.1, 0.15) is 121 Å². The van der Waals surface area contributed by atoms with Crippen molar-refractivity contribution in [2.75, 3.05) is 0 Å². The SMILES string of the molecule is CC1=Cc2c(-c3ccc(C45CC6CC(CC(C6)C4)C5)cc3)cccc2[CH]1[Zr]([Cl])([Cl])([CH]1C(C(C)C)=Cc2c(-c3ccc(C(C)(C)C)cc3)cccc21)[SiH](C)C. The number of allylic oxidation sites excluding steroid dienone is 2. The predicted octanol–water partition coefficient (Wildman–Crippen LogP) is 15.0. The van der Waals surface area contributed by atoms with Crippen LogP contribution in [0.2, 0.25) is 13.1 Å². The molecule has 4 fully saturated rings. The number of hydrogen-bond acceptors (Lipinski definition) is 0. The molecule has 0 spiro atoms. The molecule has 0 nitrogen and oxygen atoms in total. The first kappa shape index (κ1) is 37.6. The Morgan fingerprint density at radius 3 is 1.63 bits per heavy atom. The van der Waals surface area contributed by atoms with E-state index in [-0.39, 0.29) is 12.7 Å². The zero-order chi connectivity index (χ0) is 38.0. The van der Waals surface area contributed by atoms with Gasteiger partial charge in [-0.1, -0.05) is 0 Å². The van der Waals surface area contributed by atoms with Crippen LogP contribution in [0.25, 0.3) is 34.4 Å². The first-order valence-electron chi connectivity index (χ1n) is 21.0. The van der Waals surface area contributed by atoms with Crippen LogP contribution in [-0.4, -0.2) is 5.92 Å². The average Bonchev–Trinajstić information content (AvgIpc) is 3.70. The van der Waals surface area contributed by atoms with E-state index in [1.807, 2.05) is 0 Å². The van der Waals surface area contributed by atoms with E-state index in [9.17, 15) is 0 Å². The molecule has 10 rings (SSSR count). The van der Waals surface area contributed by atoms with Gasteiger partial charge in [0.15, 0.2) is 0 Å². The fraction of sp³-hybridized carbons (Fsp3) is 0.440. The molecule has 0 N–H and O–H groups in total. The van der Waals surface area contributed by atoms with Crippen LogP contribution in [0.15, 0.2) is 96.1 Å². The third-order valence-electron chi connectivity index (χ3n) is 15.2. The molecule has 2 atom stereocenters. The fourth-order valence-electron chi connectivity index (χ4n) is 12.8. The summed E-state index contributed by atoms with van der Waals surface area (Å²) in [5.41, 5.74) is 16.9. The van der Waals surface area contributed by atoms with Crippen molar-refractivity contribution in [1.29, 1.82) is 0 Å². The number of hydrogen-bond donors (Lipinski definition) is 0. The van der Waals surface area contributed by atoms with Gasteiger partial charge < -0.3 is 0 Å². The maximum atomic E-state index is 8.72. The van der Waals surface area contributed by atoms with Gasteiger partial charge >= 0.3 is 337 Å². The summed E-state index contributed by atoms with van der Waals surface area (Å²) in [4.78, 5) is 0. The molecule has 54 heavy (non-hydrogen) atoms. The molecule has 4 aromatic rings. The Labute approximate surface area is 334 Å². The minimum absolute atomic E-state index is 0.0905. The summed E-state index contributed by atoms with van der Waals surface area (Å²) in [6, 6.07) is 33.0. The van der Waals surface area contributed by atoms with Gasteiger partial charge in [0, 0.05) is 0 Å². The van der Waals surface area contributed by atoms with Gasteiger partial charge in [0.25, 0.3) is 0 Å². The molecule has 0 saturated heterocycles. The summed E-state index contributed by atoms with van der Waals surface area (Å²) in [5, 5.41) is 0. The number of benzene rings is 4. The summed E-state index contributed by atoms with van der Waals surface area (Å²) in [7, 11) is 17.4. The zero-order valence-corrected chi connectivity index (χ0v) is 38.9. The van der Waals surface area contributed by atoms with E-state index >= 15 is 0 Å². The van der Waals surface area contributed by atoms with E-state index in [1.54, 1.807) is 5.56 Å². The summed E-state index contributed by atoms with van der Waals surface area (Å²) in [5.74, 6) is 1.58. The molecule has 2 unspecified atom stereocenters. The first-order valence-corrected chi connectivity index (χ1v) is 37.3. The van der Waals surface area contributed by atoms with E-state index in [2.05, 4.69) is 152 Å². The van der Waals surface area contributed by atoms with E-state index in [0.29, 0.717) is 11.3 Å². The van der Waals surface area contributed by atoms with Crippen molar-refractivity contribution in [3.8, 4) is 22.3 Å². The molecule has 0 aromatic heterocycles. The van der Waals surface area contributed by atoms with Crippen molar-refractivity contribution in [1.82, 2.24) is 0 Å². The van der Waals surface area contributed by atoms with Gasteiger partial charge in [0.1, 0.15) is 0 Å². The van der Waals surface area contributed by atoms with Crippen molar-refractivity contribution < 1.29 is 15.6 Å².